The summed E-state index contributed by atoms with van der Waals surface area (Å²) in [6.45, 7) is 0. The van der Waals surface area contributed by atoms with E-state index in [4.69, 9.17) is 4.74 Å². The Morgan fingerprint density at radius 3 is 2.79 bits per heavy atom. The van der Waals surface area contributed by atoms with E-state index in [2.05, 4.69) is 9.40 Å². The molecule has 1 heterocycles. The van der Waals surface area contributed by atoms with Crippen molar-refractivity contribution in [2.24, 2.45) is 0 Å². The summed E-state index contributed by atoms with van der Waals surface area (Å²) in [6, 6.07) is 7.39. The molecule has 0 radical (unpaired) electrons. The number of methoxy groups -OCH3 is 1. The van der Waals surface area contributed by atoms with Crippen molar-refractivity contribution in [3.63, 3.8) is 0 Å². The third-order valence-electron chi connectivity index (χ3n) is 1.92. The number of ether oxygens (including phenoxy) is 1. The number of hydrogen-bond acceptors (Lipinski definition) is 3. The van der Waals surface area contributed by atoms with Crippen molar-refractivity contribution < 1.29 is 9.15 Å². The third-order valence-corrected chi connectivity index (χ3v) is 1.92. The molecule has 4 nitrogen and oxygen atoms in total. The van der Waals surface area contributed by atoms with Gasteiger partial charge in [0.05, 0.1) is 12.8 Å². The van der Waals surface area contributed by atoms with Gasteiger partial charge in [0.2, 0.25) is 0 Å². The van der Waals surface area contributed by atoms with E-state index < -0.39 is 5.76 Å². The smallest absolute Gasteiger partial charge is 0.416 e. The standard InChI is InChI=1S/C10H9NO3/c1-13-9-5-3-2-4-7(9)8-6-14-10(12)11-8/h2-6H,1H3,(H,11,12). The van der Waals surface area contributed by atoms with Gasteiger partial charge in [-0.2, -0.15) is 0 Å². The molecule has 0 atom stereocenters. The quantitative estimate of drug-likeness (QED) is 0.785. The van der Waals surface area contributed by atoms with Crippen molar-refractivity contribution in [1.29, 1.82) is 0 Å². The minimum absolute atomic E-state index is 0.467. The Kier molecular flexibility index (Phi) is 2.10. The summed E-state index contributed by atoms with van der Waals surface area (Å²) in [5, 5.41) is 0. The number of benzene rings is 1. The van der Waals surface area contributed by atoms with E-state index in [-0.39, 0.29) is 0 Å². The molecule has 0 aliphatic heterocycles. The van der Waals surface area contributed by atoms with Crippen LogP contribution in [0.5, 0.6) is 5.75 Å². The van der Waals surface area contributed by atoms with Gasteiger partial charge in [-0.15, -0.1) is 0 Å². The Morgan fingerprint density at radius 1 is 1.36 bits per heavy atom. The van der Waals surface area contributed by atoms with Gasteiger partial charge in [0.1, 0.15) is 12.0 Å². The Morgan fingerprint density at radius 2 is 2.14 bits per heavy atom. The molecule has 0 aliphatic rings. The zero-order chi connectivity index (χ0) is 9.97. The van der Waals surface area contributed by atoms with E-state index in [0.717, 1.165) is 5.56 Å². The molecule has 2 aromatic rings. The Hall–Kier alpha value is -1.97. The van der Waals surface area contributed by atoms with Crippen LogP contribution < -0.4 is 10.5 Å². The van der Waals surface area contributed by atoms with Crippen molar-refractivity contribution in [2.45, 2.75) is 0 Å². The molecule has 4 heteroatoms. The van der Waals surface area contributed by atoms with Crippen molar-refractivity contribution in [3.8, 4) is 17.0 Å². The molecule has 0 saturated carbocycles. The van der Waals surface area contributed by atoms with Gasteiger partial charge in [-0.05, 0) is 12.1 Å². The van der Waals surface area contributed by atoms with Crippen LogP contribution in [0, 0.1) is 0 Å². The molecule has 1 aromatic carbocycles. The summed E-state index contributed by atoms with van der Waals surface area (Å²) >= 11 is 0. The normalized spacial score (nSPS) is 10.1. The average Bonchev–Trinajstić information content (AvgIpc) is 2.65. The van der Waals surface area contributed by atoms with Gasteiger partial charge in [-0.25, -0.2) is 4.79 Å². The first-order valence-corrected chi connectivity index (χ1v) is 4.12. The van der Waals surface area contributed by atoms with Crippen molar-refractivity contribution >= 4 is 0 Å². The molecule has 0 amide bonds. The van der Waals surface area contributed by atoms with Gasteiger partial charge >= 0.3 is 5.76 Å². The molecule has 0 unspecified atom stereocenters. The summed E-state index contributed by atoms with van der Waals surface area (Å²) in [5.74, 6) is 0.232. The van der Waals surface area contributed by atoms with Crippen LogP contribution in [0.4, 0.5) is 0 Å². The predicted octanol–water partition coefficient (Wildman–Crippen LogP) is 1.64. The summed E-state index contributed by atoms with van der Waals surface area (Å²) < 4.78 is 9.80. The third kappa shape index (κ3) is 1.42. The molecule has 1 N–H and O–H groups in total. The van der Waals surface area contributed by atoms with Crippen LogP contribution in [0.15, 0.2) is 39.7 Å². The van der Waals surface area contributed by atoms with Crippen LogP contribution in [-0.2, 0) is 0 Å². The number of H-pyrrole nitrogens is 1. The van der Waals surface area contributed by atoms with E-state index in [9.17, 15) is 4.79 Å². The van der Waals surface area contributed by atoms with Crippen LogP contribution in [0.25, 0.3) is 11.3 Å². The van der Waals surface area contributed by atoms with Crippen LogP contribution in [0.1, 0.15) is 0 Å². The largest absolute Gasteiger partial charge is 0.496 e. The van der Waals surface area contributed by atoms with Gasteiger partial charge in [0.15, 0.2) is 0 Å². The minimum Gasteiger partial charge on any atom is -0.496 e. The molecule has 2 rings (SSSR count). The second-order valence-electron chi connectivity index (χ2n) is 2.76. The molecule has 72 valence electrons. The number of aromatic nitrogens is 1. The highest BCUT2D eigenvalue weighted by molar-refractivity contribution is 5.65. The second kappa shape index (κ2) is 3.41. The number of oxazole rings is 1. The Balaban J connectivity index is 2.55. The molecular formula is C10H9NO3. The molecular weight excluding hydrogens is 182 g/mol. The topological polar surface area (TPSA) is 55.2 Å². The number of para-hydroxylation sites is 1. The molecule has 0 fully saturated rings. The lowest BCUT2D eigenvalue weighted by Crippen LogP contribution is -1.95. The molecule has 0 spiro atoms. The highest BCUT2D eigenvalue weighted by Crippen LogP contribution is 2.26. The van der Waals surface area contributed by atoms with Crippen LogP contribution >= 0.6 is 0 Å². The molecule has 14 heavy (non-hydrogen) atoms. The highest BCUT2D eigenvalue weighted by Gasteiger charge is 2.06. The first-order valence-electron chi connectivity index (χ1n) is 4.12. The van der Waals surface area contributed by atoms with E-state index in [1.165, 1.54) is 6.26 Å². The number of nitrogens with one attached hydrogen (secondary N) is 1. The number of rotatable bonds is 2. The Labute approximate surface area is 80.1 Å². The number of hydrogen-bond donors (Lipinski definition) is 1. The maximum atomic E-state index is 10.8. The second-order valence-corrected chi connectivity index (χ2v) is 2.76. The fourth-order valence-corrected chi connectivity index (χ4v) is 1.28. The van der Waals surface area contributed by atoms with Gasteiger partial charge < -0.3 is 9.15 Å². The fraction of sp³-hybridized carbons (Fsp3) is 0.100. The maximum absolute atomic E-state index is 10.8. The van der Waals surface area contributed by atoms with Crippen molar-refractivity contribution in [3.05, 3.63) is 41.1 Å². The monoisotopic (exact) mass is 191 g/mol. The maximum Gasteiger partial charge on any atom is 0.416 e. The van der Waals surface area contributed by atoms with E-state index >= 15 is 0 Å². The highest BCUT2D eigenvalue weighted by atomic mass is 16.5. The van der Waals surface area contributed by atoms with Crippen LogP contribution in [0.2, 0.25) is 0 Å². The Bertz CT molecular complexity index is 484. The average molecular weight is 191 g/mol. The fourth-order valence-electron chi connectivity index (χ4n) is 1.28. The molecule has 0 aliphatic carbocycles. The van der Waals surface area contributed by atoms with E-state index in [0.29, 0.717) is 11.4 Å². The van der Waals surface area contributed by atoms with Crippen molar-refractivity contribution in [2.75, 3.05) is 7.11 Å². The molecule has 1 aromatic heterocycles. The summed E-state index contributed by atoms with van der Waals surface area (Å²) in [5.41, 5.74) is 1.42. The SMILES string of the molecule is COc1ccccc1-c1coc(=O)[nH]1. The van der Waals surface area contributed by atoms with Gasteiger partial charge in [0.25, 0.3) is 0 Å². The summed E-state index contributed by atoms with van der Waals surface area (Å²) in [6.07, 6.45) is 1.38. The van der Waals surface area contributed by atoms with Gasteiger partial charge in [0, 0.05) is 5.56 Å². The minimum atomic E-state index is -0.467. The lowest BCUT2D eigenvalue weighted by molar-refractivity contribution is 0.416. The predicted molar refractivity (Wildman–Crippen MR) is 51.3 cm³/mol. The van der Waals surface area contributed by atoms with Gasteiger partial charge in [-0.3, -0.25) is 4.98 Å². The van der Waals surface area contributed by atoms with Gasteiger partial charge in [-0.1, -0.05) is 12.1 Å². The molecule has 0 bridgehead atoms. The van der Waals surface area contributed by atoms with Crippen LogP contribution in [-0.4, -0.2) is 12.1 Å². The zero-order valence-corrected chi connectivity index (χ0v) is 7.61. The summed E-state index contributed by atoms with van der Waals surface area (Å²) in [4.78, 5) is 13.4. The first kappa shape index (κ1) is 8.62. The zero-order valence-electron chi connectivity index (χ0n) is 7.61. The van der Waals surface area contributed by atoms with E-state index in [1.54, 1.807) is 7.11 Å². The van der Waals surface area contributed by atoms with Crippen molar-refractivity contribution in [1.82, 2.24) is 4.98 Å². The lowest BCUT2D eigenvalue weighted by atomic mass is 10.1. The molecule has 0 saturated heterocycles. The first-order chi connectivity index (χ1) is 6.81. The van der Waals surface area contributed by atoms with E-state index in [1.807, 2.05) is 24.3 Å². The van der Waals surface area contributed by atoms with Crippen LogP contribution in [0.3, 0.4) is 0 Å². The lowest BCUT2D eigenvalue weighted by Gasteiger charge is -2.04. The summed E-state index contributed by atoms with van der Waals surface area (Å²) in [7, 11) is 1.58. The number of aromatic amines is 1.